The molecule has 0 aliphatic heterocycles. The maximum absolute atomic E-state index is 12.5. The van der Waals surface area contributed by atoms with E-state index >= 15 is 0 Å². The van der Waals surface area contributed by atoms with E-state index < -0.39 is 24.0 Å². The zero-order chi connectivity index (χ0) is 17.3. The van der Waals surface area contributed by atoms with Crippen LogP contribution in [0, 0.1) is 0 Å². The first-order valence-corrected chi connectivity index (χ1v) is 7.30. The third-order valence-electron chi connectivity index (χ3n) is 3.93. The number of aliphatic carboxylic acids is 1. The second-order valence-electron chi connectivity index (χ2n) is 5.39. The number of ketones is 2. The molecule has 0 aliphatic carbocycles. The van der Waals surface area contributed by atoms with Gasteiger partial charge < -0.3 is 9.84 Å². The molecule has 3 rings (SSSR count). The Balaban J connectivity index is 2.23. The van der Waals surface area contributed by atoms with Crippen LogP contribution in [0.3, 0.4) is 0 Å². The lowest BCUT2D eigenvalue weighted by Crippen LogP contribution is -2.17. The molecule has 0 aliphatic rings. The van der Waals surface area contributed by atoms with Gasteiger partial charge in [0.2, 0.25) is 5.78 Å². The Kier molecular flexibility index (Phi) is 4.00. The van der Waals surface area contributed by atoms with Crippen LogP contribution >= 0.6 is 0 Å². The van der Waals surface area contributed by atoms with E-state index in [-0.39, 0.29) is 0 Å². The normalized spacial score (nSPS) is 10.7. The van der Waals surface area contributed by atoms with E-state index in [1.54, 1.807) is 31.4 Å². The minimum atomic E-state index is -1.60. The van der Waals surface area contributed by atoms with Crippen LogP contribution in [0.4, 0.5) is 0 Å². The second kappa shape index (κ2) is 6.12. The fraction of sp³-hybridized carbons (Fsp3) is 0.105. The number of hydrogen-bond donors (Lipinski definition) is 1. The zero-order valence-corrected chi connectivity index (χ0v) is 12.9. The monoisotopic (exact) mass is 322 g/mol. The highest BCUT2D eigenvalue weighted by Crippen LogP contribution is 2.31. The summed E-state index contributed by atoms with van der Waals surface area (Å²) in [5.74, 6) is -2.58. The van der Waals surface area contributed by atoms with Crippen molar-refractivity contribution in [3.63, 3.8) is 0 Å². The third-order valence-corrected chi connectivity index (χ3v) is 3.93. The Morgan fingerprint density at radius 2 is 1.67 bits per heavy atom. The summed E-state index contributed by atoms with van der Waals surface area (Å²) in [6.07, 6.45) is -0.658. The largest absolute Gasteiger partial charge is 0.497 e. The molecule has 0 radical (unpaired) electrons. The highest BCUT2D eigenvalue weighted by atomic mass is 16.5. The molecular formula is C19H14O5. The Bertz CT molecular complexity index is 988. The van der Waals surface area contributed by atoms with E-state index in [4.69, 9.17) is 9.84 Å². The molecule has 5 heteroatoms. The third kappa shape index (κ3) is 2.72. The summed E-state index contributed by atoms with van der Waals surface area (Å²) in [6, 6.07) is 14.6. The number of Topliss-reactive ketones (excluding diaryl/α,β-unsaturated/α-hetero) is 2. The number of fused-ring (bicyclic) bond motifs is 3. The van der Waals surface area contributed by atoms with Gasteiger partial charge in [-0.25, -0.2) is 4.79 Å². The molecule has 0 heterocycles. The standard InChI is InChI=1S/C19H14O5/c1-24-12-6-7-13-11(8-12)9-16(15-5-3-2-4-14(13)15)17(20)10-18(21)19(22)23/h2-9H,10H2,1H3,(H,22,23). The molecule has 0 spiro atoms. The van der Waals surface area contributed by atoms with Crippen molar-refractivity contribution in [2.24, 2.45) is 0 Å². The van der Waals surface area contributed by atoms with Crippen molar-refractivity contribution in [3.8, 4) is 5.75 Å². The number of carboxylic acid groups (broad SMARTS) is 1. The molecule has 120 valence electrons. The van der Waals surface area contributed by atoms with Crippen molar-refractivity contribution in [1.82, 2.24) is 0 Å². The Morgan fingerprint density at radius 1 is 0.958 bits per heavy atom. The first-order chi connectivity index (χ1) is 11.5. The van der Waals surface area contributed by atoms with Crippen molar-refractivity contribution in [3.05, 3.63) is 54.1 Å². The quantitative estimate of drug-likeness (QED) is 0.337. The fourth-order valence-corrected chi connectivity index (χ4v) is 2.77. The minimum Gasteiger partial charge on any atom is -0.497 e. The van der Waals surface area contributed by atoms with Crippen molar-refractivity contribution >= 4 is 39.1 Å². The maximum atomic E-state index is 12.5. The molecular weight excluding hydrogens is 308 g/mol. The Hall–Kier alpha value is -3.21. The average Bonchev–Trinajstić information content (AvgIpc) is 2.60. The van der Waals surface area contributed by atoms with Crippen LogP contribution in [0.25, 0.3) is 21.5 Å². The fourth-order valence-electron chi connectivity index (χ4n) is 2.77. The summed E-state index contributed by atoms with van der Waals surface area (Å²) in [6.45, 7) is 0. The molecule has 0 saturated carbocycles. The van der Waals surface area contributed by atoms with Gasteiger partial charge in [-0.1, -0.05) is 30.3 Å². The number of carboxylic acids is 1. The van der Waals surface area contributed by atoms with Gasteiger partial charge in [0.1, 0.15) is 5.75 Å². The second-order valence-corrected chi connectivity index (χ2v) is 5.39. The number of ether oxygens (including phenoxy) is 1. The molecule has 0 amide bonds. The molecule has 3 aromatic rings. The van der Waals surface area contributed by atoms with E-state index in [9.17, 15) is 14.4 Å². The van der Waals surface area contributed by atoms with Crippen LogP contribution in [-0.4, -0.2) is 29.8 Å². The lowest BCUT2D eigenvalue weighted by molar-refractivity contribution is -0.148. The van der Waals surface area contributed by atoms with Crippen LogP contribution in [0.5, 0.6) is 5.75 Å². The summed E-state index contributed by atoms with van der Waals surface area (Å²) in [7, 11) is 1.56. The Morgan fingerprint density at radius 3 is 2.33 bits per heavy atom. The highest BCUT2D eigenvalue weighted by Gasteiger charge is 2.20. The predicted molar refractivity (Wildman–Crippen MR) is 89.6 cm³/mol. The molecule has 3 aromatic carbocycles. The lowest BCUT2D eigenvalue weighted by atomic mass is 9.93. The van der Waals surface area contributed by atoms with Crippen molar-refractivity contribution in [1.29, 1.82) is 0 Å². The van der Waals surface area contributed by atoms with Gasteiger partial charge in [-0.3, -0.25) is 9.59 Å². The highest BCUT2D eigenvalue weighted by molar-refractivity contribution is 6.38. The average molecular weight is 322 g/mol. The van der Waals surface area contributed by atoms with Crippen molar-refractivity contribution < 1.29 is 24.2 Å². The molecule has 0 fully saturated rings. The summed E-state index contributed by atoms with van der Waals surface area (Å²) in [5, 5.41) is 12.0. The minimum absolute atomic E-state index is 0.334. The zero-order valence-electron chi connectivity index (χ0n) is 12.9. The van der Waals surface area contributed by atoms with Crippen LogP contribution in [0.2, 0.25) is 0 Å². The summed E-state index contributed by atoms with van der Waals surface area (Å²) in [5.41, 5.74) is 0.334. The molecule has 0 saturated heterocycles. The van der Waals surface area contributed by atoms with Crippen LogP contribution in [0.1, 0.15) is 16.8 Å². The van der Waals surface area contributed by atoms with Crippen molar-refractivity contribution in [2.45, 2.75) is 6.42 Å². The first kappa shape index (κ1) is 15.7. The van der Waals surface area contributed by atoms with Crippen LogP contribution in [-0.2, 0) is 9.59 Å². The summed E-state index contributed by atoms with van der Waals surface area (Å²) >= 11 is 0. The topological polar surface area (TPSA) is 80.7 Å². The lowest BCUT2D eigenvalue weighted by Gasteiger charge is -2.10. The number of benzene rings is 3. The number of hydrogen-bond acceptors (Lipinski definition) is 4. The van der Waals surface area contributed by atoms with Gasteiger partial charge in [-0.05, 0) is 39.7 Å². The molecule has 0 aromatic heterocycles. The van der Waals surface area contributed by atoms with Crippen molar-refractivity contribution in [2.75, 3.05) is 7.11 Å². The van der Waals surface area contributed by atoms with Crippen LogP contribution < -0.4 is 4.74 Å². The van der Waals surface area contributed by atoms with E-state index in [1.807, 2.05) is 24.3 Å². The SMILES string of the molecule is COc1ccc2c(c1)cc(C(=O)CC(=O)C(=O)O)c1ccccc12. The van der Waals surface area contributed by atoms with Crippen LogP contribution in [0.15, 0.2) is 48.5 Å². The van der Waals surface area contributed by atoms with E-state index in [0.717, 1.165) is 16.2 Å². The van der Waals surface area contributed by atoms with E-state index in [1.165, 1.54) is 0 Å². The van der Waals surface area contributed by atoms with Gasteiger partial charge in [-0.15, -0.1) is 0 Å². The molecule has 0 unspecified atom stereocenters. The smallest absolute Gasteiger partial charge is 0.372 e. The first-order valence-electron chi connectivity index (χ1n) is 7.30. The molecule has 24 heavy (non-hydrogen) atoms. The number of carbonyl (C=O) groups excluding carboxylic acids is 2. The van der Waals surface area contributed by atoms with E-state index in [0.29, 0.717) is 16.7 Å². The van der Waals surface area contributed by atoms with Gasteiger partial charge in [0.25, 0.3) is 0 Å². The van der Waals surface area contributed by atoms with Gasteiger partial charge >= 0.3 is 5.97 Å². The maximum Gasteiger partial charge on any atom is 0.372 e. The predicted octanol–water partition coefficient (Wildman–Crippen LogP) is 3.23. The molecule has 5 nitrogen and oxygen atoms in total. The molecule has 0 bridgehead atoms. The van der Waals surface area contributed by atoms with Gasteiger partial charge in [0.05, 0.1) is 13.5 Å². The van der Waals surface area contributed by atoms with Gasteiger partial charge in [-0.2, -0.15) is 0 Å². The number of carbonyl (C=O) groups is 3. The summed E-state index contributed by atoms with van der Waals surface area (Å²) < 4.78 is 5.21. The number of rotatable bonds is 5. The van der Waals surface area contributed by atoms with Gasteiger partial charge in [0, 0.05) is 5.56 Å². The summed E-state index contributed by atoms with van der Waals surface area (Å²) in [4.78, 5) is 34.5. The van der Waals surface area contributed by atoms with Gasteiger partial charge in [0.15, 0.2) is 5.78 Å². The number of methoxy groups -OCH3 is 1. The Labute approximate surface area is 137 Å². The molecule has 0 atom stereocenters. The molecule has 1 N–H and O–H groups in total. The van der Waals surface area contributed by atoms with E-state index in [2.05, 4.69) is 0 Å².